The van der Waals surface area contributed by atoms with Gasteiger partial charge in [-0.3, -0.25) is 0 Å². The van der Waals surface area contributed by atoms with E-state index in [1.807, 2.05) is 19.1 Å². The summed E-state index contributed by atoms with van der Waals surface area (Å²) in [5.74, 6) is 1.91. The normalized spacial score (nSPS) is 22.5. The number of allylic oxidation sites excluding steroid dienone is 1. The number of benzene rings is 1. The van der Waals surface area contributed by atoms with Crippen LogP contribution in [0.2, 0.25) is 5.02 Å². The van der Waals surface area contributed by atoms with E-state index in [0.29, 0.717) is 6.04 Å². The lowest BCUT2D eigenvalue weighted by Gasteiger charge is -2.32. The summed E-state index contributed by atoms with van der Waals surface area (Å²) in [5, 5.41) is 9.20. The molecule has 2 aliphatic rings. The average molecular weight is 313 g/mol. The Kier molecular flexibility index (Phi) is 3.08. The van der Waals surface area contributed by atoms with Crippen LogP contribution in [0.15, 0.2) is 42.1 Å². The fourth-order valence-corrected chi connectivity index (χ4v) is 3.50. The molecule has 1 aromatic heterocycles. The first-order chi connectivity index (χ1) is 10.6. The summed E-state index contributed by atoms with van der Waals surface area (Å²) in [5.41, 5.74) is 2.55. The summed E-state index contributed by atoms with van der Waals surface area (Å²) < 4.78 is 2.22. The molecule has 4 nitrogen and oxygen atoms in total. The molecule has 22 heavy (non-hydrogen) atoms. The minimum Gasteiger partial charge on any atom is -0.362 e. The lowest BCUT2D eigenvalue weighted by atomic mass is 10.1. The summed E-state index contributed by atoms with van der Waals surface area (Å²) in [7, 11) is 0. The third kappa shape index (κ3) is 2.06. The third-order valence-corrected chi connectivity index (χ3v) is 4.73. The fraction of sp³-hybridized carbons (Fsp3) is 0.294. The monoisotopic (exact) mass is 312 g/mol. The van der Waals surface area contributed by atoms with Crippen LogP contribution in [0.5, 0.6) is 0 Å². The first kappa shape index (κ1) is 13.6. The summed E-state index contributed by atoms with van der Waals surface area (Å²) >= 11 is 5.98. The number of halogens is 1. The second-order valence-electron chi connectivity index (χ2n) is 5.88. The number of aryl methyl sites for hydroxylation is 1. The topological polar surface area (TPSA) is 34.0 Å². The number of rotatable bonds is 2. The minimum atomic E-state index is 0.280. The van der Waals surface area contributed by atoms with Crippen molar-refractivity contribution >= 4 is 17.7 Å². The molecule has 0 fully saturated rings. The van der Waals surface area contributed by atoms with Gasteiger partial charge in [-0.1, -0.05) is 29.8 Å². The molecule has 3 heterocycles. The lowest BCUT2D eigenvalue weighted by Crippen LogP contribution is -2.35. The summed E-state index contributed by atoms with van der Waals surface area (Å²) in [6.07, 6.45) is 6.61. The highest BCUT2D eigenvalue weighted by atomic mass is 35.5. The van der Waals surface area contributed by atoms with Crippen LogP contribution in [0.3, 0.4) is 0 Å². The zero-order chi connectivity index (χ0) is 15.3. The van der Waals surface area contributed by atoms with Gasteiger partial charge in [-0.2, -0.15) is 0 Å². The van der Waals surface area contributed by atoms with E-state index in [1.54, 1.807) is 0 Å². The summed E-state index contributed by atoms with van der Waals surface area (Å²) in [6, 6.07) is 8.67. The van der Waals surface area contributed by atoms with Gasteiger partial charge in [-0.25, -0.2) is 0 Å². The SMILES string of the molecule is CC1=CC2C(C=Cc3nnc(C)n32)N1Cc1ccc(Cl)cc1. The maximum Gasteiger partial charge on any atom is 0.157 e. The van der Waals surface area contributed by atoms with E-state index in [9.17, 15) is 0 Å². The van der Waals surface area contributed by atoms with Crippen molar-refractivity contribution in [1.29, 1.82) is 0 Å². The smallest absolute Gasteiger partial charge is 0.157 e. The van der Waals surface area contributed by atoms with Gasteiger partial charge in [0.05, 0.1) is 12.1 Å². The molecular weight excluding hydrogens is 296 g/mol. The second-order valence-corrected chi connectivity index (χ2v) is 6.31. The van der Waals surface area contributed by atoms with Crippen LogP contribution in [-0.2, 0) is 6.54 Å². The molecule has 0 spiro atoms. The molecule has 0 radical (unpaired) electrons. The van der Waals surface area contributed by atoms with Gasteiger partial charge < -0.3 is 9.47 Å². The highest BCUT2D eigenvalue weighted by molar-refractivity contribution is 6.30. The molecule has 2 atom stereocenters. The average Bonchev–Trinajstić information content (AvgIpc) is 3.03. The molecule has 0 bridgehead atoms. The van der Waals surface area contributed by atoms with Gasteiger partial charge in [-0.05, 0) is 43.7 Å². The van der Waals surface area contributed by atoms with Gasteiger partial charge in [0.1, 0.15) is 5.82 Å². The van der Waals surface area contributed by atoms with Crippen LogP contribution >= 0.6 is 11.6 Å². The lowest BCUT2D eigenvalue weighted by molar-refractivity contribution is 0.269. The Balaban J connectivity index is 1.65. The van der Waals surface area contributed by atoms with Gasteiger partial charge in [0, 0.05) is 17.3 Å². The van der Waals surface area contributed by atoms with Crippen LogP contribution in [0.4, 0.5) is 0 Å². The molecule has 1 aromatic carbocycles. The van der Waals surface area contributed by atoms with Crippen molar-refractivity contribution in [3.63, 3.8) is 0 Å². The van der Waals surface area contributed by atoms with E-state index in [0.717, 1.165) is 23.2 Å². The molecule has 0 saturated heterocycles. The fourth-order valence-electron chi connectivity index (χ4n) is 3.38. The van der Waals surface area contributed by atoms with Crippen molar-refractivity contribution in [2.24, 2.45) is 0 Å². The number of hydrogen-bond acceptors (Lipinski definition) is 3. The molecule has 4 rings (SSSR count). The van der Waals surface area contributed by atoms with Gasteiger partial charge in [0.25, 0.3) is 0 Å². The zero-order valence-electron chi connectivity index (χ0n) is 12.6. The second kappa shape index (κ2) is 4.99. The first-order valence-corrected chi connectivity index (χ1v) is 7.80. The molecule has 112 valence electrons. The van der Waals surface area contributed by atoms with Crippen LogP contribution in [0.1, 0.15) is 30.2 Å². The van der Waals surface area contributed by atoms with Gasteiger partial charge in [0.2, 0.25) is 0 Å². The molecule has 0 saturated carbocycles. The standard InChI is InChI=1S/C17H17ClN4/c1-11-9-16-15(7-8-17-20-19-12(2)22(16)17)21(11)10-13-3-5-14(18)6-4-13/h3-9,15-16H,10H2,1-2H3. The summed E-state index contributed by atoms with van der Waals surface area (Å²) in [4.78, 5) is 2.42. The van der Waals surface area contributed by atoms with Crippen LogP contribution < -0.4 is 0 Å². The van der Waals surface area contributed by atoms with E-state index < -0.39 is 0 Å². The van der Waals surface area contributed by atoms with Crippen LogP contribution in [0.25, 0.3) is 6.08 Å². The number of fused-ring (bicyclic) bond motifs is 3. The Morgan fingerprint density at radius 2 is 1.86 bits per heavy atom. The Morgan fingerprint density at radius 3 is 2.64 bits per heavy atom. The maximum absolute atomic E-state index is 5.98. The van der Waals surface area contributed by atoms with Crippen LogP contribution in [-0.4, -0.2) is 25.7 Å². The van der Waals surface area contributed by atoms with Crippen molar-refractivity contribution in [1.82, 2.24) is 19.7 Å². The maximum atomic E-state index is 5.98. The van der Waals surface area contributed by atoms with E-state index >= 15 is 0 Å². The number of hydrogen-bond donors (Lipinski definition) is 0. The van der Waals surface area contributed by atoms with E-state index in [2.05, 4.69) is 56.9 Å². The quantitative estimate of drug-likeness (QED) is 0.849. The van der Waals surface area contributed by atoms with Gasteiger partial charge in [-0.15, -0.1) is 10.2 Å². The Labute approximate surface area is 134 Å². The van der Waals surface area contributed by atoms with Crippen LogP contribution in [0, 0.1) is 6.92 Å². The highest BCUT2D eigenvalue weighted by Gasteiger charge is 2.36. The van der Waals surface area contributed by atoms with E-state index in [-0.39, 0.29) is 6.04 Å². The molecule has 2 unspecified atom stereocenters. The molecule has 2 aliphatic heterocycles. The zero-order valence-corrected chi connectivity index (χ0v) is 13.3. The molecule has 0 aliphatic carbocycles. The van der Waals surface area contributed by atoms with E-state index in [1.165, 1.54) is 11.3 Å². The molecular formula is C17H17ClN4. The molecule has 0 amide bonds. The number of nitrogens with zero attached hydrogens (tertiary/aromatic N) is 4. The van der Waals surface area contributed by atoms with Crippen molar-refractivity contribution < 1.29 is 0 Å². The Hall–Kier alpha value is -2.07. The van der Waals surface area contributed by atoms with Crippen molar-refractivity contribution in [3.8, 4) is 0 Å². The van der Waals surface area contributed by atoms with Crippen molar-refractivity contribution in [2.75, 3.05) is 0 Å². The Bertz CT molecular complexity index is 772. The minimum absolute atomic E-state index is 0.280. The van der Waals surface area contributed by atoms with Gasteiger partial charge >= 0.3 is 0 Å². The predicted molar refractivity (Wildman–Crippen MR) is 87.4 cm³/mol. The number of aromatic nitrogens is 3. The highest BCUT2D eigenvalue weighted by Crippen LogP contribution is 2.37. The molecule has 5 heteroatoms. The largest absolute Gasteiger partial charge is 0.362 e. The van der Waals surface area contributed by atoms with Crippen molar-refractivity contribution in [3.05, 3.63) is 64.3 Å². The van der Waals surface area contributed by atoms with Crippen molar-refractivity contribution in [2.45, 2.75) is 32.5 Å². The first-order valence-electron chi connectivity index (χ1n) is 7.43. The Morgan fingerprint density at radius 1 is 1.09 bits per heavy atom. The van der Waals surface area contributed by atoms with Gasteiger partial charge in [0.15, 0.2) is 5.82 Å². The predicted octanol–water partition coefficient (Wildman–Crippen LogP) is 3.60. The summed E-state index contributed by atoms with van der Waals surface area (Å²) in [6.45, 7) is 5.06. The molecule has 2 aromatic rings. The van der Waals surface area contributed by atoms with E-state index in [4.69, 9.17) is 11.6 Å². The molecule has 0 N–H and O–H groups in total. The third-order valence-electron chi connectivity index (χ3n) is 4.47.